The van der Waals surface area contributed by atoms with Crippen molar-refractivity contribution in [2.24, 2.45) is 0 Å². The first-order valence-electron chi connectivity index (χ1n) is 6.01. The van der Waals surface area contributed by atoms with Crippen molar-refractivity contribution < 1.29 is 0 Å². The van der Waals surface area contributed by atoms with Gasteiger partial charge < -0.3 is 0 Å². The Morgan fingerprint density at radius 2 is 1.47 bits per heavy atom. The molecule has 1 heterocycles. The molecule has 0 radical (unpaired) electrons. The lowest BCUT2D eigenvalue weighted by atomic mass is 10.2. The highest BCUT2D eigenvalue weighted by Crippen LogP contribution is 2.23. The Hall–Kier alpha value is -2.13. The van der Waals surface area contributed by atoms with Crippen LogP contribution in [0.4, 0.5) is 0 Å². The van der Waals surface area contributed by atoms with Crippen molar-refractivity contribution in [1.29, 1.82) is 0 Å². The molecule has 0 aliphatic carbocycles. The first-order valence-corrected chi connectivity index (χ1v) is 6.54. The molecule has 0 saturated heterocycles. The van der Waals surface area contributed by atoms with Gasteiger partial charge in [0.15, 0.2) is 11.6 Å². The second kappa shape index (κ2) is 5.24. The van der Waals surface area contributed by atoms with Crippen molar-refractivity contribution in [3.63, 3.8) is 0 Å². The number of hydrogen-bond donors (Lipinski definition) is 0. The average molecular weight is 270 g/mol. The Morgan fingerprint density at radius 1 is 0.842 bits per heavy atom. The third-order valence-electron chi connectivity index (χ3n) is 2.90. The fourth-order valence-electron chi connectivity index (χ4n) is 2.03. The lowest BCUT2D eigenvalue weighted by Crippen LogP contribution is -2.01. The fraction of sp³-hybridized carbons (Fsp3) is 0.0667. The summed E-state index contributed by atoms with van der Waals surface area (Å²) in [6.45, 7) is 0. The van der Waals surface area contributed by atoms with Crippen LogP contribution in [-0.4, -0.2) is 14.8 Å². The third-order valence-corrected chi connectivity index (χ3v) is 3.14. The molecule has 0 bridgehead atoms. The Morgan fingerprint density at radius 3 is 2.11 bits per heavy atom. The van der Waals surface area contributed by atoms with Gasteiger partial charge >= 0.3 is 0 Å². The molecule has 0 aliphatic rings. The number of rotatable bonds is 3. The zero-order chi connectivity index (χ0) is 13.1. The summed E-state index contributed by atoms with van der Waals surface area (Å²) in [5, 5.41) is 8.43. The molecule has 0 amide bonds. The second-order valence-corrected chi connectivity index (χ2v) is 4.38. The van der Waals surface area contributed by atoms with Crippen LogP contribution in [0.3, 0.4) is 0 Å². The van der Waals surface area contributed by atoms with Gasteiger partial charge in [-0.15, -0.1) is 21.8 Å². The van der Waals surface area contributed by atoms with Crippen LogP contribution in [0.15, 0.2) is 60.7 Å². The number of halogens is 1. The smallest absolute Gasteiger partial charge is 0.168 e. The molecule has 0 spiro atoms. The Bertz CT molecular complexity index is 662. The number of hydrogen-bond acceptors (Lipinski definition) is 2. The maximum Gasteiger partial charge on any atom is 0.168 e. The molecule has 4 heteroatoms. The van der Waals surface area contributed by atoms with E-state index in [1.54, 1.807) is 0 Å². The van der Waals surface area contributed by atoms with Gasteiger partial charge in [0.05, 0.1) is 5.88 Å². The van der Waals surface area contributed by atoms with Crippen LogP contribution >= 0.6 is 11.6 Å². The molecule has 2 aromatic carbocycles. The molecule has 3 rings (SSSR count). The summed E-state index contributed by atoms with van der Waals surface area (Å²) >= 11 is 5.96. The van der Waals surface area contributed by atoms with E-state index >= 15 is 0 Å². The summed E-state index contributed by atoms with van der Waals surface area (Å²) in [5.41, 5.74) is 2.04. The molecule has 0 unspecified atom stereocenters. The molecule has 3 nitrogen and oxygen atoms in total. The van der Waals surface area contributed by atoms with Crippen LogP contribution < -0.4 is 0 Å². The van der Waals surface area contributed by atoms with E-state index in [1.807, 2.05) is 65.2 Å². The van der Waals surface area contributed by atoms with E-state index in [-0.39, 0.29) is 0 Å². The molecule has 1 aromatic heterocycles. The van der Waals surface area contributed by atoms with Crippen molar-refractivity contribution in [2.75, 3.05) is 0 Å². The van der Waals surface area contributed by atoms with Gasteiger partial charge in [-0.1, -0.05) is 48.5 Å². The van der Waals surface area contributed by atoms with Gasteiger partial charge in [-0.05, 0) is 12.1 Å². The van der Waals surface area contributed by atoms with Crippen molar-refractivity contribution in [2.45, 2.75) is 5.88 Å². The molecule has 0 N–H and O–H groups in total. The number of benzene rings is 2. The zero-order valence-corrected chi connectivity index (χ0v) is 11.0. The SMILES string of the molecule is ClCc1nnc(-c2ccccc2)n1-c1ccccc1. The molecule has 0 atom stereocenters. The van der Waals surface area contributed by atoms with Crippen LogP contribution in [0.25, 0.3) is 17.1 Å². The van der Waals surface area contributed by atoms with Crippen LogP contribution in [0, 0.1) is 0 Å². The van der Waals surface area contributed by atoms with Gasteiger partial charge in [0.25, 0.3) is 0 Å². The van der Waals surface area contributed by atoms with Crippen LogP contribution in [0.5, 0.6) is 0 Å². The highest BCUT2D eigenvalue weighted by atomic mass is 35.5. The van der Waals surface area contributed by atoms with Crippen LogP contribution in [0.2, 0.25) is 0 Å². The van der Waals surface area contributed by atoms with Crippen LogP contribution in [0.1, 0.15) is 5.82 Å². The van der Waals surface area contributed by atoms with Gasteiger partial charge in [-0.3, -0.25) is 4.57 Å². The van der Waals surface area contributed by atoms with Gasteiger partial charge in [0.2, 0.25) is 0 Å². The monoisotopic (exact) mass is 269 g/mol. The zero-order valence-electron chi connectivity index (χ0n) is 10.2. The molecule has 3 aromatic rings. The molecular formula is C15H12ClN3. The van der Waals surface area contributed by atoms with Gasteiger partial charge in [-0.25, -0.2) is 0 Å². The molecular weight excluding hydrogens is 258 g/mol. The highest BCUT2D eigenvalue weighted by Gasteiger charge is 2.14. The summed E-state index contributed by atoms with van der Waals surface area (Å²) in [6.07, 6.45) is 0. The molecule has 0 aliphatic heterocycles. The van der Waals surface area contributed by atoms with Gasteiger partial charge in [-0.2, -0.15) is 0 Å². The standard InChI is InChI=1S/C15H12ClN3/c16-11-14-17-18-15(12-7-3-1-4-8-12)19(14)13-9-5-2-6-10-13/h1-10H,11H2. The van der Waals surface area contributed by atoms with Gasteiger partial charge in [0.1, 0.15) is 0 Å². The minimum absolute atomic E-state index is 0.328. The quantitative estimate of drug-likeness (QED) is 0.679. The summed E-state index contributed by atoms with van der Waals surface area (Å²) < 4.78 is 1.99. The third kappa shape index (κ3) is 2.25. The number of nitrogens with zero attached hydrogens (tertiary/aromatic N) is 3. The fourth-order valence-corrected chi connectivity index (χ4v) is 2.20. The lowest BCUT2D eigenvalue weighted by Gasteiger charge is -2.09. The van der Waals surface area contributed by atoms with E-state index in [9.17, 15) is 0 Å². The predicted molar refractivity (Wildman–Crippen MR) is 76.4 cm³/mol. The first kappa shape index (κ1) is 11.9. The van der Waals surface area contributed by atoms with Crippen LogP contribution in [-0.2, 0) is 5.88 Å². The lowest BCUT2D eigenvalue weighted by molar-refractivity contribution is 0.953. The van der Waals surface area contributed by atoms with Crippen molar-refractivity contribution >= 4 is 11.6 Å². The Labute approximate surface area is 116 Å². The van der Waals surface area contributed by atoms with Crippen molar-refractivity contribution in [3.8, 4) is 17.1 Å². The van der Waals surface area contributed by atoms with Crippen molar-refractivity contribution in [3.05, 3.63) is 66.5 Å². The van der Waals surface area contributed by atoms with E-state index in [0.29, 0.717) is 5.88 Å². The minimum Gasteiger partial charge on any atom is -0.278 e. The van der Waals surface area contributed by atoms with Crippen molar-refractivity contribution in [1.82, 2.24) is 14.8 Å². The number of aromatic nitrogens is 3. The molecule has 19 heavy (non-hydrogen) atoms. The largest absolute Gasteiger partial charge is 0.278 e. The van der Waals surface area contributed by atoms with E-state index < -0.39 is 0 Å². The molecule has 94 valence electrons. The van der Waals surface area contributed by atoms with E-state index in [2.05, 4.69) is 10.2 Å². The summed E-state index contributed by atoms with van der Waals surface area (Å²) in [4.78, 5) is 0. The number of alkyl halides is 1. The normalized spacial score (nSPS) is 10.6. The topological polar surface area (TPSA) is 30.7 Å². The predicted octanol–water partition coefficient (Wildman–Crippen LogP) is 3.67. The summed E-state index contributed by atoms with van der Waals surface area (Å²) in [7, 11) is 0. The Balaban J connectivity index is 2.20. The summed E-state index contributed by atoms with van der Waals surface area (Å²) in [6, 6.07) is 20.0. The van der Waals surface area contributed by atoms with E-state index in [0.717, 1.165) is 22.9 Å². The number of para-hydroxylation sites is 1. The maximum atomic E-state index is 5.96. The van der Waals surface area contributed by atoms with E-state index in [4.69, 9.17) is 11.6 Å². The first-order chi connectivity index (χ1) is 9.40. The Kier molecular flexibility index (Phi) is 3.29. The second-order valence-electron chi connectivity index (χ2n) is 4.11. The molecule has 0 saturated carbocycles. The van der Waals surface area contributed by atoms with E-state index in [1.165, 1.54) is 0 Å². The summed E-state index contributed by atoms with van der Waals surface area (Å²) in [5.74, 6) is 1.88. The van der Waals surface area contributed by atoms with Gasteiger partial charge in [0, 0.05) is 11.3 Å². The average Bonchev–Trinajstić information content (AvgIpc) is 2.93. The highest BCUT2D eigenvalue weighted by molar-refractivity contribution is 6.16. The minimum atomic E-state index is 0.328. The molecule has 0 fully saturated rings. The maximum absolute atomic E-state index is 5.96.